The first-order chi connectivity index (χ1) is 9.26. The first kappa shape index (κ1) is 13.9. The summed E-state index contributed by atoms with van der Waals surface area (Å²) in [5, 5.41) is 3.83. The van der Waals surface area contributed by atoms with Gasteiger partial charge in [-0.1, -0.05) is 45.4 Å². The number of piperazine rings is 1. The van der Waals surface area contributed by atoms with Gasteiger partial charge in [0, 0.05) is 25.2 Å². The van der Waals surface area contributed by atoms with Crippen LogP contribution in [0.1, 0.15) is 64.7 Å². The quantitative estimate of drug-likeness (QED) is 0.840. The van der Waals surface area contributed by atoms with Crippen LogP contribution < -0.4 is 5.32 Å². The van der Waals surface area contributed by atoms with E-state index in [2.05, 4.69) is 17.1 Å². The van der Waals surface area contributed by atoms with Crippen molar-refractivity contribution >= 4 is 0 Å². The van der Waals surface area contributed by atoms with Crippen molar-refractivity contribution in [2.45, 2.75) is 70.3 Å². The van der Waals surface area contributed by atoms with E-state index in [1.165, 1.54) is 84.0 Å². The molecule has 3 aliphatic rings. The smallest absolute Gasteiger partial charge is 0.0309 e. The van der Waals surface area contributed by atoms with Crippen molar-refractivity contribution in [3.05, 3.63) is 0 Å². The first-order valence-electron chi connectivity index (χ1n) is 8.73. The third kappa shape index (κ3) is 3.52. The van der Waals surface area contributed by atoms with Gasteiger partial charge in [-0.15, -0.1) is 0 Å². The summed E-state index contributed by atoms with van der Waals surface area (Å²) in [5.74, 6) is 2.03. The maximum Gasteiger partial charge on any atom is 0.0309 e. The van der Waals surface area contributed by atoms with Crippen molar-refractivity contribution in [3.8, 4) is 0 Å². The Hall–Kier alpha value is -0.0800. The monoisotopic (exact) mass is 264 g/mol. The molecule has 0 amide bonds. The van der Waals surface area contributed by atoms with E-state index in [9.17, 15) is 0 Å². The predicted molar refractivity (Wildman–Crippen MR) is 81.4 cm³/mol. The zero-order chi connectivity index (χ0) is 13.1. The van der Waals surface area contributed by atoms with Gasteiger partial charge in [-0.25, -0.2) is 0 Å². The standard InChI is InChI=1S/C17H32N2/c1-15-4-6-16(7-5-15)8-12-19-13-11-18-17(14-19)9-2-3-10-17/h15-16,18H,2-14H2,1H3. The summed E-state index contributed by atoms with van der Waals surface area (Å²) in [4.78, 5) is 2.76. The Bertz CT molecular complexity index is 275. The van der Waals surface area contributed by atoms with Gasteiger partial charge in [0.15, 0.2) is 0 Å². The average Bonchev–Trinajstić information content (AvgIpc) is 2.86. The second kappa shape index (κ2) is 6.13. The molecule has 1 saturated heterocycles. The fourth-order valence-electron chi connectivity index (χ4n) is 4.60. The summed E-state index contributed by atoms with van der Waals surface area (Å²) < 4.78 is 0. The Morgan fingerprint density at radius 1 is 1.11 bits per heavy atom. The lowest BCUT2D eigenvalue weighted by atomic mass is 9.81. The van der Waals surface area contributed by atoms with E-state index in [0.29, 0.717) is 5.54 Å². The van der Waals surface area contributed by atoms with Crippen LogP contribution in [0, 0.1) is 11.8 Å². The minimum atomic E-state index is 0.513. The van der Waals surface area contributed by atoms with Gasteiger partial charge >= 0.3 is 0 Å². The Balaban J connectivity index is 1.42. The van der Waals surface area contributed by atoms with Crippen molar-refractivity contribution in [3.63, 3.8) is 0 Å². The number of nitrogens with zero attached hydrogens (tertiary/aromatic N) is 1. The Morgan fingerprint density at radius 2 is 1.84 bits per heavy atom. The normalized spacial score (nSPS) is 35.8. The summed E-state index contributed by atoms with van der Waals surface area (Å²) in [7, 11) is 0. The van der Waals surface area contributed by atoms with E-state index in [-0.39, 0.29) is 0 Å². The molecule has 1 spiro atoms. The molecule has 2 aliphatic carbocycles. The fourth-order valence-corrected chi connectivity index (χ4v) is 4.60. The lowest BCUT2D eigenvalue weighted by molar-refractivity contribution is 0.122. The molecule has 2 nitrogen and oxygen atoms in total. The van der Waals surface area contributed by atoms with Crippen LogP contribution in [0.2, 0.25) is 0 Å². The molecule has 2 heteroatoms. The summed E-state index contributed by atoms with van der Waals surface area (Å²) in [6, 6.07) is 0. The minimum Gasteiger partial charge on any atom is -0.309 e. The molecule has 3 fully saturated rings. The molecule has 1 aliphatic heterocycles. The summed E-state index contributed by atoms with van der Waals surface area (Å²) in [5.41, 5.74) is 0.513. The highest BCUT2D eigenvalue weighted by atomic mass is 15.2. The van der Waals surface area contributed by atoms with E-state index in [1.807, 2.05) is 0 Å². The number of hydrogen-bond donors (Lipinski definition) is 1. The summed E-state index contributed by atoms with van der Waals surface area (Å²) in [6.45, 7) is 7.63. The lowest BCUT2D eigenvalue weighted by Crippen LogP contribution is -2.59. The van der Waals surface area contributed by atoms with Crippen LogP contribution in [0.4, 0.5) is 0 Å². The van der Waals surface area contributed by atoms with Gasteiger partial charge < -0.3 is 10.2 Å². The SMILES string of the molecule is CC1CCC(CCN2CCNC3(CCCC3)C2)CC1. The third-order valence-corrected chi connectivity index (χ3v) is 6.00. The number of nitrogens with one attached hydrogen (secondary N) is 1. The Kier molecular flexibility index (Phi) is 4.48. The average molecular weight is 264 g/mol. The molecule has 0 radical (unpaired) electrons. The van der Waals surface area contributed by atoms with Crippen molar-refractivity contribution in [2.24, 2.45) is 11.8 Å². The van der Waals surface area contributed by atoms with Crippen LogP contribution in [0.3, 0.4) is 0 Å². The van der Waals surface area contributed by atoms with Crippen molar-refractivity contribution in [1.82, 2.24) is 10.2 Å². The Labute approximate surface area is 119 Å². The van der Waals surface area contributed by atoms with Crippen LogP contribution in [0.25, 0.3) is 0 Å². The molecule has 1 N–H and O–H groups in total. The van der Waals surface area contributed by atoms with Crippen LogP contribution in [-0.2, 0) is 0 Å². The van der Waals surface area contributed by atoms with E-state index < -0.39 is 0 Å². The van der Waals surface area contributed by atoms with Gasteiger partial charge in [-0.3, -0.25) is 0 Å². The van der Waals surface area contributed by atoms with Gasteiger partial charge in [0.25, 0.3) is 0 Å². The summed E-state index contributed by atoms with van der Waals surface area (Å²) >= 11 is 0. The number of hydrogen-bond acceptors (Lipinski definition) is 2. The first-order valence-corrected chi connectivity index (χ1v) is 8.73. The molecule has 0 aromatic heterocycles. The van der Waals surface area contributed by atoms with Crippen molar-refractivity contribution in [1.29, 1.82) is 0 Å². The van der Waals surface area contributed by atoms with Crippen LogP contribution in [-0.4, -0.2) is 36.6 Å². The van der Waals surface area contributed by atoms with Gasteiger partial charge in [-0.05, 0) is 37.6 Å². The molecule has 0 aromatic carbocycles. The van der Waals surface area contributed by atoms with Crippen LogP contribution >= 0.6 is 0 Å². The van der Waals surface area contributed by atoms with Crippen molar-refractivity contribution < 1.29 is 0 Å². The van der Waals surface area contributed by atoms with E-state index in [4.69, 9.17) is 0 Å². The van der Waals surface area contributed by atoms with E-state index in [1.54, 1.807) is 0 Å². The summed E-state index contributed by atoms with van der Waals surface area (Å²) in [6.07, 6.45) is 13.2. The van der Waals surface area contributed by atoms with E-state index in [0.717, 1.165) is 11.8 Å². The second-order valence-electron chi connectivity index (χ2n) is 7.60. The highest BCUT2D eigenvalue weighted by Gasteiger charge is 2.37. The molecule has 19 heavy (non-hydrogen) atoms. The molecular formula is C17H32N2. The maximum absolute atomic E-state index is 3.83. The fraction of sp³-hybridized carbons (Fsp3) is 1.00. The molecule has 1 heterocycles. The number of rotatable bonds is 3. The van der Waals surface area contributed by atoms with E-state index >= 15 is 0 Å². The molecule has 3 rings (SSSR count). The maximum atomic E-state index is 3.83. The minimum absolute atomic E-state index is 0.513. The molecule has 0 aromatic rings. The zero-order valence-corrected chi connectivity index (χ0v) is 12.8. The zero-order valence-electron chi connectivity index (χ0n) is 12.8. The van der Waals surface area contributed by atoms with Gasteiger partial charge in [-0.2, -0.15) is 0 Å². The third-order valence-electron chi connectivity index (χ3n) is 6.00. The van der Waals surface area contributed by atoms with Gasteiger partial charge in [0.1, 0.15) is 0 Å². The van der Waals surface area contributed by atoms with Gasteiger partial charge in [0.2, 0.25) is 0 Å². The highest BCUT2D eigenvalue weighted by molar-refractivity contribution is 4.98. The topological polar surface area (TPSA) is 15.3 Å². The molecule has 110 valence electrons. The lowest BCUT2D eigenvalue weighted by Gasteiger charge is -2.42. The van der Waals surface area contributed by atoms with Crippen LogP contribution in [0.5, 0.6) is 0 Å². The van der Waals surface area contributed by atoms with Gasteiger partial charge in [0.05, 0.1) is 0 Å². The van der Waals surface area contributed by atoms with Crippen LogP contribution in [0.15, 0.2) is 0 Å². The molecule has 2 saturated carbocycles. The molecule has 0 atom stereocenters. The van der Waals surface area contributed by atoms with Crippen molar-refractivity contribution in [2.75, 3.05) is 26.2 Å². The predicted octanol–water partition coefficient (Wildman–Crippen LogP) is 3.42. The Morgan fingerprint density at radius 3 is 2.58 bits per heavy atom. The molecular weight excluding hydrogens is 232 g/mol. The second-order valence-corrected chi connectivity index (χ2v) is 7.60. The molecule has 0 bridgehead atoms. The largest absolute Gasteiger partial charge is 0.309 e. The highest BCUT2D eigenvalue weighted by Crippen LogP contribution is 2.33. The molecule has 0 unspecified atom stereocenters.